The van der Waals surface area contributed by atoms with Crippen LogP contribution in [-0.2, 0) is 0 Å². The molecule has 0 spiro atoms. The first-order valence-corrected chi connectivity index (χ1v) is 7.21. The maximum absolute atomic E-state index is 12.2. The molecule has 2 aromatic rings. The lowest BCUT2D eigenvalue weighted by atomic mass is 9.92. The fourth-order valence-electron chi connectivity index (χ4n) is 2.89. The van der Waals surface area contributed by atoms with Gasteiger partial charge in [0.25, 0.3) is 5.91 Å². The Bertz CT molecular complexity index is 617. The third kappa shape index (κ3) is 3.12. The molecule has 110 valence electrons. The SMILES string of the molecule is CC1(C)CCC(NC(=O)c2ccc(-c3nnco3)cc2)C1. The van der Waals surface area contributed by atoms with Crippen molar-refractivity contribution in [3.63, 3.8) is 0 Å². The van der Waals surface area contributed by atoms with Crippen molar-refractivity contribution in [1.29, 1.82) is 0 Å². The van der Waals surface area contributed by atoms with E-state index >= 15 is 0 Å². The van der Waals surface area contributed by atoms with Crippen molar-refractivity contribution >= 4 is 5.91 Å². The van der Waals surface area contributed by atoms with Crippen LogP contribution in [0, 0.1) is 5.41 Å². The molecule has 21 heavy (non-hydrogen) atoms. The molecule has 1 saturated carbocycles. The van der Waals surface area contributed by atoms with Crippen molar-refractivity contribution in [1.82, 2.24) is 15.5 Å². The van der Waals surface area contributed by atoms with Crippen LogP contribution in [0.5, 0.6) is 0 Å². The predicted molar refractivity (Wildman–Crippen MR) is 78.6 cm³/mol. The third-order valence-corrected chi connectivity index (χ3v) is 4.06. The van der Waals surface area contributed by atoms with E-state index in [0.29, 0.717) is 16.9 Å². The van der Waals surface area contributed by atoms with Crippen LogP contribution in [0.4, 0.5) is 0 Å². The van der Waals surface area contributed by atoms with E-state index in [1.165, 1.54) is 6.39 Å². The third-order valence-electron chi connectivity index (χ3n) is 4.06. The molecule has 0 aliphatic heterocycles. The minimum Gasteiger partial charge on any atom is -0.423 e. The van der Waals surface area contributed by atoms with Gasteiger partial charge >= 0.3 is 0 Å². The number of rotatable bonds is 3. The molecule has 1 amide bonds. The topological polar surface area (TPSA) is 68.0 Å². The van der Waals surface area contributed by atoms with Crippen LogP contribution >= 0.6 is 0 Å². The van der Waals surface area contributed by atoms with Gasteiger partial charge in [-0.15, -0.1) is 10.2 Å². The van der Waals surface area contributed by atoms with E-state index < -0.39 is 0 Å². The molecule has 3 rings (SSSR count). The Labute approximate surface area is 123 Å². The number of amides is 1. The Kier molecular flexibility index (Phi) is 3.49. The molecule has 1 aromatic heterocycles. The Hall–Kier alpha value is -2.17. The maximum atomic E-state index is 12.2. The van der Waals surface area contributed by atoms with Crippen LogP contribution in [-0.4, -0.2) is 22.1 Å². The highest BCUT2D eigenvalue weighted by Crippen LogP contribution is 2.36. The highest BCUT2D eigenvalue weighted by Gasteiger charge is 2.31. The van der Waals surface area contributed by atoms with Crippen LogP contribution in [0.1, 0.15) is 43.5 Å². The molecule has 1 aliphatic carbocycles. The first-order chi connectivity index (χ1) is 10.0. The summed E-state index contributed by atoms with van der Waals surface area (Å²) in [6.45, 7) is 4.50. The van der Waals surface area contributed by atoms with E-state index in [1.54, 1.807) is 12.1 Å². The Balaban J connectivity index is 1.65. The minimum absolute atomic E-state index is 0.0187. The number of benzene rings is 1. The molecule has 1 heterocycles. The lowest BCUT2D eigenvalue weighted by Crippen LogP contribution is -2.33. The van der Waals surface area contributed by atoms with Crippen molar-refractivity contribution in [2.24, 2.45) is 5.41 Å². The Morgan fingerprint density at radius 2 is 2.10 bits per heavy atom. The van der Waals surface area contributed by atoms with Crippen molar-refractivity contribution in [3.8, 4) is 11.5 Å². The van der Waals surface area contributed by atoms with Crippen LogP contribution in [0.3, 0.4) is 0 Å². The normalized spacial score (nSPS) is 20.4. The summed E-state index contributed by atoms with van der Waals surface area (Å²) in [5, 5.41) is 10.6. The molecule has 1 unspecified atom stereocenters. The lowest BCUT2D eigenvalue weighted by molar-refractivity contribution is 0.0936. The number of carbonyl (C=O) groups excluding carboxylic acids is 1. The van der Waals surface area contributed by atoms with Gasteiger partial charge in [-0.25, -0.2) is 0 Å². The smallest absolute Gasteiger partial charge is 0.251 e. The molecule has 1 aromatic carbocycles. The number of carbonyl (C=O) groups is 1. The average Bonchev–Trinajstić information content (AvgIpc) is 3.09. The minimum atomic E-state index is -0.0187. The monoisotopic (exact) mass is 285 g/mol. The second-order valence-electron chi connectivity index (χ2n) is 6.40. The van der Waals surface area contributed by atoms with E-state index in [2.05, 4.69) is 29.4 Å². The summed E-state index contributed by atoms with van der Waals surface area (Å²) in [6.07, 6.45) is 4.55. The van der Waals surface area contributed by atoms with Crippen LogP contribution in [0.15, 0.2) is 35.1 Å². The summed E-state index contributed by atoms with van der Waals surface area (Å²) in [5.41, 5.74) is 1.80. The van der Waals surface area contributed by atoms with Gasteiger partial charge in [-0.1, -0.05) is 13.8 Å². The van der Waals surface area contributed by atoms with Crippen molar-refractivity contribution in [3.05, 3.63) is 36.2 Å². The lowest BCUT2D eigenvalue weighted by Gasteiger charge is -2.17. The van der Waals surface area contributed by atoms with Crippen LogP contribution in [0.2, 0.25) is 0 Å². The highest BCUT2D eigenvalue weighted by molar-refractivity contribution is 5.94. The molecule has 1 atom stereocenters. The number of nitrogens with zero attached hydrogens (tertiary/aromatic N) is 2. The molecule has 1 fully saturated rings. The average molecular weight is 285 g/mol. The zero-order chi connectivity index (χ0) is 14.9. The molecule has 1 aliphatic rings. The summed E-state index contributed by atoms with van der Waals surface area (Å²) in [6, 6.07) is 7.49. The van der Waals surface area contributed by atoms with Gasteiger partial charge in [0.15, 0.2) is 0 Å². The number of hydrogen-bond acceptors (Lipinski definition) is 4. The standard InChI is InChI=1S/C16H19N3O2/c1-16(2)8-7-13(9-16)18-14(20)11-3-5-12(6-4-11)15-19-17-10-21-15/h3-6,10,13H,7-9H2,1-2H3,(H,18,20). The summed E-state index contributed by atoms with van der Waals surface area (Å²) >= 11 is 0. The highest BCUT2D eigenvalue weighted by atomic mass is 16.4. The van der Waals surface area contributed by atoms with Gasteiger partial charge in [-0.2, -0.15) is 0 Å². The van der Waals surface area contributed by atoms with Gasteiger partial charge < -0.3 is 9.73 Å². The molecule has 5 nitrogen and oxygen atoms in total. The number of nitrogens with one attached hydrogen (secondary N) is 1. The summed E-state index contributed by atoms with van der Waals surface area (Å²) in [5.74, 6) is 0.439. The fourth-order valence-corrected chi connectivity index (χ4v) is 2.89. The van der Waals surface area contributed by atoms with Gasteiger partial charge in [-0.05, 0) is 48.9 Å². The predicted octanol–water partition coefficient (Wildman–Crippen LogP) is 3.05. The summed E-state index contributed by atoms with van der Waals surface area (Å²) in [7, 11) is 0. The van der Waals surface area contributed by atoms with Gasteiger partial charge in [0, 0.05) is 17.2 Å². The first kappa shape index (κ1) is 13.8. The molecule has 0 bridgehead atoms. The van der Waals surface area contributed by atoms with Crippen LogP contribution < -0.4 is 5.32 Å². The second kappa shape index (κ2) is 5.31. The van der Waals surface area contributed by atoms with E-state index in [0.717, 1.165) is 24.8 Å². The molecule has 0 saturated heterocycles. The molecule has 1 N–H and O–H groups in total. The fraction of sp³-hybridized carbons (Fsp3) is 0.438. The zero-order valence-electron chi connectivity index (χ0n) is 12.3. The van der Waals surface area contributed by atoms with Gasteiger partial charge in [0.1, 0.15) is 0 Å². The zero-order valence-corrected chi connectivity index (χ0v) is 12.3. The van der Waals surface area contributed by atoms with E-state index in [4.69, 9.17) is 4.42 Å². The quantitative estimate of drug-likeness (QED) is 0.941. The first-order valence-electron chi connectivity index (χ1n) is 7.21. The van der Waals surface area contributed by atoms with Gasteiger partial charge in [-0.3, -0.25) is 4.79 Å². The summed E-state index contributed by atoms with van der Waals surface area (Å²) < 4.78 is 5.13. The number of aromatic nitrogens is 2. The molecule has 5 heteroatoms. The molecule has 0 radical (unpaired) electrons. The van der Waals surface area contributed by atoms with Gasteiger partial charge in [0.05, 0.1) is 0 Å². The van der Waals surface area contributed by atoms with Crippen LogP contribution in [0.25, 0.3) is 11.5 Å². The number of hydrogen-bond donors (Lipinski definition) is 1. The Morgan fingerprint density at radius 3 is 2.67 bits per heavy atom. The van der Waals surface area contributed by atoms with Gasteiger partial charge in [0.2, 0.25) is 12.3 Å². The van der Waals surface area contributed by atoms with Crippen molar-refractivity contribution in [2.75, 3.05) is 0 Å². The largest absolute Gasteiger partial charge is 0.423 e. The van der Waals surface area contributed by atoms with E-state index in [1.807, 2.05) is 12.1 Å². The van der Waals surface area contributed by atoms with Crippen molar-refractivity contribution in [2.45, 2.75) is 39.2 Å². The second-order valence-corrected chi connectivity index (χ2v) is 6.40. The molecular weight excluding hydrogens is 266 g/mol. The Morgan fingerprint density at radius 1 is 1.33 bits per heavy atom. The molecular formula is C16H19N3O2. The van der Waals surface area contributed by atoms with Crippen molar-refractivity contribution < 1.29 is 9.21 Å². The van der Waals surface area contributed by atoms with E-state index in [9.17, 15) is 4.79 Å². The maximum Gasteiger partial charge on any atom is 0.251 e. The van der Waals surface area contributed by atoms with E-state index in [-0.39, 0.29) is 11.9 Å². The summed E-state index contributed by atoms with van der Waals surface area (Å²) in [4.78, 5) is 12.2.